The molecule has 1 N–H and O–H groups in total. The number of rotatable bonds is 5. The van der Waals surface area contributed by atoms with Crippen molar-refractivity contribution in [3.63, 3.8) is 0 Å². The van der Waals surface area contributed by atoms with Crippen LogP contribution in [0, 0.1) is 11.8 Å². The predicted molar refractivity (Wildman–Crippen MR) is 93.4 cm³/mol. The van der Waals surface area contributed by atoms with E-state index in [9.17, 15) is 4.79 Å². The van der Waals surface area contributed by atoms with E-state index in [1.807, 2.05) is 12.1 Å². The zero-order valence-corrected chi connectivity index (χ0v) is 14.3. The number of amides is 1. The quantitative estimate of drug-likeness (QED) is 0.840. The summed E-state index contributed by atoms with van der Waals surface area (Å²) < 4.78 is 10.7. The molecule has 0 spiro atoms. The molecule has 24 heavy (non-hydrogen) atoms. The average Bonchev–Trinajstić information content (AvgIpc) is 2.64. The van der Waals surface area contributed by atoms with Crippen LogP contribution >= 0.6 is 0 Å². The van der Waals surface area contributed by atoms with Gasteiger partial charge in [-0.3, -0.25) is 4.79 Å². The molecule has 0 aliphatic heterocycles. The van der Waals surface area contributed by atoms with Crippen molar-refractivity contribution in [3.8, 4) is 11.5 Å². The number of carbonyl (C=O) groups excluding carboxylic acids is 1. The molecule has 0 unspecified atom stereocenters. The summed E-state index contributed by atoms with van der Waals surface area (Å²) in [6.45, 7) is -0.0663. The molecule has 2 fully saturated rings. The van der Waals surface area contributed by atoms with Gasteiger partial charge in [-0.15, -0.1) is 0 Å². The van der Waals surface area contributed by atoms with Crippen molar-refractivity contribution in [1.82, 2.24) is 5.43 Å². The number of para-hydroxylation sites is 2. The van der Waals surface area contributed by atoms with Crippen LogP contribution in [0.1, 0.15) is 44.9 Å². The number of hydrogen-bond donors (Lipinski definition) is 1. The van der Waals surface area contributed by atoms with Crippen LogP contribution in [0.25, 0.3) is 0 Å². The number of carbonyl (C=O) groups is 1. The molecule has 0 radical (unpaired) electrons. The van der Waals surface area contributed by atoms with Crippen molar-refractivity contribution in [3.05, 3.63) is 24.3 Å². The molecule has 2 atom stereocenters. The highest BCUT2D eigenvalue weighted by atomic mass is 16.5. The summed E-state index contributed by atoms with van der Waals surface area (Å²) >= 11 is 0. The number of benzene rings is 1. The van der Waals surface area contributed by atoms with Gasteiger partial charge in [0.15, 0.2) is 18.1 Å². The highest BCUT2D eigenvalue weighted by molar-refractivity contribution is 5.87. The van der Waals surface area contributed by atoms with Crippen LogP contribution in [0.2, 0.25) is 0 Å². The lowest BCUT2D eigenvalue weighted by Gasteiger charge is -2.35. The first-order valence-electron chi connectivity index (χ1n) is 8.86. The fourth-order valence-corrected chi connectivity index (χ4v) is 3.85. The second kappa shape index (κ2) is 8.18. The summed E-state index contributed by atoms with van der Waals surface area (Å²) in [5, 5.41) is 4.33. The topological polar surface area (TPSA) is 59.9 Å². The van der Waals surface area contributed by atoms with Crippen LogP contribution in [-0.4, -0.2) is 25.3 Å². The maximum Gasteiger partial charge on any atom is 0.277 e. The number of nitrogens with one attached hydrogen (secondary N) is 1. The van der Waals surface area contributed by atoms with Crippen LogP contribution in [-0.2, 0) is 4.79 Å². The maximum absolute atomic E-state index is 12.0. The van der Waals surface area contributed by atoms with Gasteiger partial charge in [-0.1, -0.05) is 31.4 Å². The SMILES string of the molecule is COc1ccccc1OCC(=O)N/N=C1/CC[C@@H]2CCCC[C@H]2C1. The van der Waals surface area contributed by atoms with Crippen molar-refractivity contribution >= 4 is 11.6 Å². The molecule has 1 aromatic carbocycles. The van der Waals surface area contributed by atoms with E-state index in [-0.39, 0.29) is 12.5 Å². The molecule has 2 aliphatic carbocycles. The summed E-state index contributed by atoms with van der Waals surface area (Å²) in [4.78, 5) is 12.0. The Labute approximate surface area is 143 Å². The molecule has 130 valence electrons. The lowest BCUT2D eigenvalue weighted by atomic mass is 9.70. The van der Waals surface area contributed by atoms with E-state index >= 15 is 0 Å². The summed E-state index contributed by atoms with van der Waals surface area (Å²) in [6.07, 6.45) is 8.67. The van der Waals surface area contributed by atoms with E-state index in [2.05, 4.69) is 10.5 Å². The van der Waals surface area contributed by atoms with Crippen LogP contribution in [0.5, 0.6) is 11.5 Å². The third kappa shape index (κ3) is 4.28. The van der Waals surface area contributed by atoms with Gasteiger partial charge in [0.25, 0.3) is 5.91 Å². The van der Waals surface area contributed by atoms with E-state index in [0.29, 0.717) is 11.5 Å². The Kier molecular flexibility index (Phi) is 5.72. The number of methoxy groups -OCH3 is 1. The number of hydrogen-bond acceptors (Lipinski definition) is 4. The molecular formula is C19H26N2O3. The van der Waals surface area contributed by atoms with E-state index in [1.54, 1.807) is 19.2 Å². The Hall–Kier alpha value is -2.04. The maximum atomic E-state index is 12.0. The van der Waals surface area contributed by atoms with E-state index in [1.165, 1.54) is 32.1 Å². The van der Waals surface area contributed by atoms with Crippen molar-refractivity contribution in [2.24, 2.45) is 16.9 Å². The largest absolute Gasteiger partial charge is 0.493 e. The fourth-order valence-electron chi connectivity index (χ4n) is 3.85. The first-order chi connectivity index (χ1) is 11.8. The third-order valence-corrected chi connectivity index (χ3v) is 5.13. The summed E-state index contributed by atoms with van der Waals surface area (Å²) in [7, 11) is 1.58. The molecular weight excluding hydrogens is 304 g/mol. The van der Waals surface area contributed by atoms with Gasteiger partial charge < -0.3 is 9.47 Å². The van der Waals surface area contributed by atoms with Crippen molar-refractivity contribution in [2.45, 2.75) is 44.9 Å². The van der Waals surface area contributed by atoms with Gasteiger partial charge in [0.05, 0.1) is 7.11 Å². The highest BCUT2D eigenvalue weighted by Gasteiger charge is 2.30. The molecule has 1 amide bonds. The second-order valence-corrected chi connectivity index (χ2v) is 6.70. The smallest absolute Gasteiger partial charge is 0.277 e. The summed E-state index contributed by atoms with van der Waals surface area (Å²) in [5.74, 6) is 2.59. The van der Waals surface area contributed by atoms with E-state index in [4.69, 9.17) is 9.47 Å². The molecule has 2 aliphatic rings. The van der Waals surface area contributed by atoms with E-state index < -0.39 is 0 Å². The fraction of sp³-hybridized carbons (Fsp3) is 0.579. The van der Waals surface area contributed by atoms with Gasteiger partial charge in [0, 0.05) is 5.71 Å². The number of nitrogens with zero attached hydrogens (tertiary/aromatic N) is 1. The van der Waals surface area contributed by atoms with Crippen molar-refractivity contribution < 1.29 is 14.3 Å². The standard InChI is InChI=1S/C19H26N2O3/c1-23-17-8-4-5-9-18(17)24-13-19(22)21-20-16-11-10-14-6-2-3-7-15(14)12-16/h4-5,8-9,14-15H,2-3,6-7,10-13H2,1H3,(H,21,22)/b20-16-/t14-,15-/m0/s1. The Morgan fingerprint density at radius 3 is 2.71 bits per heavy atom. The Balaban J connectivity index is 1.47. The molecule has 5 heteroatoms. The van der Waals surface area contributed by atoms with Gasteiger partial charge in [-0.05, 0) is 49.7 Å². The van der Waals surface area contributed by atoms with Gasteiger partial charge >= 0.3 is 0 Å². The van der Waals surface area contributed by atoms with Crippen LogP contribution < -0.4 is 14.9 Å². The van der Waals surface area contributed by atoms with E-state index in [0.717, 1.165) is 30.4 Å². The van der Waals surface area contributed by atoms with Crippen molar-refractivity contribution in [1.29, 1.82) is 0 Å². The Bertz CT molecular complexity index is 600. The van der Waals surface area contributed by atoms with Crippen LogP contribution in [0.15, 0.2) is 29.4 Å². The number of fused-ring (bicyclic) bond motifs is 1. The summed E-state index contributed by atoms with van der Waals surface area (Å²) in [6, 6.07) is 7.29. The van der Waals surface area contributed by atoms with Gasteiger partial charge in [0.1, 0.15) is 0 Å². The number of hydrazone groups is 1. The van der Waals surface area contributed by atoms with Gasteiger partial charge in [-0.2, -0.15) is 5.10 Å². The molecule has 0 saturated heterocycles. The highest BCUT2D eigenvalue weighted by Crippen LogP contribution is 2.39. The monoisotopic (exact) mass is 330 g/mol. The first-order valence-corrected chi connectivity index (χ1v) is 8.86. The molecule has 5 nitrogen and oxygen atoms in total. The third-order valence-electron chi connectivity index (χ3n) is 5.13. The number of ether oxygens (including phenoxy) is 2. The second-order valence-electron chi connectivity index (χ2n) is 6.70. The van der Waals surface area contributed by atoms with Gasteiger partial charge in [-0.25, -0.2) is 5.43 Å². The van der Waals surface area contributed by atoms with Crippen molar-refractivity contribution in [2.75, 3.05) is 13.7 Å². The molecule has 1 aromatic rings. The predicted octanol–water partition coefficient (Wildman–Crippen LogP) is 3.54. The molecule has 3 rings (SSSR count). The molecule has 0 aromatic heterocycles. The lowest BCUT2D eigenvalue weighted by molar-refractivity contribution is -0.123. The zero-order valence-electron chi connectivity index (χ0n) is 14.3. The van der Waals surface area contributed by atoms with Crippen LogP contribution in [0.4, 0.5) is 0 Å². The molecule has 2 saturated carbocycles. The molecule has 0 bridgehead atoms. The van der Waals surface area contributed by atoms with Crippen LogP contribution in [0.3, 0.4) is 0 Å². The minimum absolute atomic E-state index is 0.0663. The Morgan fingerprint density at radius 1 is 1.17 bits per heavy atom. The normalized spacial score (nSPS) is 25.0. The molecule has 0 heterocycles. The zero-order chi connectivity index (χ0) is 16.8. The lowest BCUT2D eigenvalue weighted by Crippen LogP contribution is -2.31. The Morgan fingerprint density at radius 2 is 1.92 bits per heavy atom. The summed E-state index contributed by atoms with van der Waals surface area (Å²) in [5.41, 5.74) is 3.77. The minimum atomic E-state index is -0.237. The van der Waals surface area contributed by atoms with Gasteiger partial charge in [0.2, 0.25) is 0 Å². The average molecular weight is 330 g/mol. The minimum Gasteiger partial charge on any atom is -0.493 e. The first kappa shape index (κ1) is 16.8.